The van der Waals surface area contributed by atoms with E-state index in [0.717, 1.165) is 25.8 Å². The van der Waals surface area contributed by atoms with Crippen LogP contribution in [0.25, 0.3) is 0 Å². The minimum absolute atomic E-state index is 0.159. The molecule has 0 saturated carbocycles. The van der Waals surface area contributed by atoms with Gasteiger partial charge in [0.1, 0.15) is 6.04 Å². The number of ether oxygens (including phenoxy) is 1. The van der Waals surface area contributed by atoms with Gasteiger partial charge in [0.25, 0.3) is 0 Å². The first-order chi connectivity index (χ1) is 9.13. The van der Waals surface area contributed by atoms with Crippen molar-refractivity contribution in [2.75, 3.05) is 13.7 Å². The van der Waals surface area contributed by atoms with Crippen LogP contribution in [0.5, 0.6) is 0 Å². The van der Waals surface area contributed by atoms with Crippen LogP contribution in [0, 0.1) is 5.92 Å². The maximum Gasteiger partial charge on any atom is 0.322 e. The van der Waals surface area contributed by atoms with Crippen molar-refractivity contribution in [1.29, 1.82) is 0 Å². The number of benzene rings is 1. The predicted octanol–water partition coefficient (Wildman–Crippen LogP) is 2.80. The van der Waals surface area contributed by atoms with E-state index < -0.39 is 0 Å². The summed E-state index contributed by atoms with van der Waals surface area (Å²) in [6, 6.07) is 10.2. The van der Waals surface area contributed by atoms with Gasteiger partial charge in [-0.2, -0.15) is 0 Å². The fourth-order valence-electron chi connectivity index (χ4n) is 2.09. The second-order valence-corrected chi connectivity index (χ2v) is 5.25. The molecule has 1 atom stereocenters. The molecule has 1 aromatic carbocycles. The van der Waals surface area contributed by atoms with Crippen LogP contribution in [0.2, 0.25) is 0 Å². The highest BCUT2D eigenvalue weighted by Gasteiger charge is 2.19. The third-order valence-electron chi connectivity index (χ3n) is 3.07. The fourth-order valence-corrected chi connectivity index (χ4v) is 2.09. The number of esters is 1. The van der Waals surface area contributed by atoms with Crippen molar-refractivity contribution >= 4 is 5.97 Å². The van der Waals surface area contributed by atoms with E-state index in [1.807, 2.05) is 6.07 Å². The summed E-state index contributed by atoms with van der Waals surface area (Å²) in [5.41, 5.74) is 1.34. The molecule has 1 N–H and O–H groups in total. The third kappa shape index (κ3) is 6.39. The van der Waals surface area contributed by atoms with Gasteiger partial charge in [0.2, 0.25) is 0 Å². The molecule has 0 heterocycles. The molecule has 106 valence electrons. The Hall–Kier alpha value is -1.35. The topological polar surface area (TPSA) is 38.3 Å². The molecule has 0 aliphatic heterocycles. The summed E-state index contributed by atoms with van der Waals surface area (Å²) in [7, 11) is 1.45. The van der Waals surface area contributed by atoms with Gasteiger partial charge in [-0.1, -0.05) is 44.2 Å². The van der Waals surface area contributed by atoms with Crippen molar-refractivity contribution in [1.82, 2.24) is 5.32 Å². The van der Waals surface area contributed by atoms with E-state index in [1.54, 1.807) is 0 Å². The lowest BCUT2D eigenvalue weighted by molar-refractivity contribution is -0.143. The van der Waals surface area contributed by atoms with Crippen LogP contribution < -0.4 is 5.32 Å². The second kappa shape index (κ2) is 8.70. The lowest BCUT2D eigenvalue weighted by Crippen LogP contribution is -2.39. The molecule has 0 aliphatic carbocycles. The van der Waals surface area contributed by atoms with Crippen molar-refractivity contribution in [2.45, 2.75) is 39.2 Å². The summed E-state index contributed by atoms with van der Waals surface area (Å²) in [6.45, 7) is 5.06. The van der Waals surface area contributed by atoms with Crippen molar-refractivity contribution < 1.29 is 9.53 Å². The van der Waals surface area contributed by atoms with Gasteiger partial charge >= 0.3 is 5.97 Å². The molecule has 0 fully saturated rings. The van der Waals surface area contributed by atoms with Crippen LogP contribution in [0.1, 0.15) is 32.3 Å². The van der Waals surface area contributed by atoms with Gasteiger partial charge in [0.05, 0.1) is 7.11 Å². The van der Waals surface area contributed by atoms with E-state index in [1.165, 1.54) is 12.7 Å². The van der Waals surface area contributed by atoms with Gasteiger partial charge < -0.3 is 10.1 Å². The molecule has 1 aromatic rings. The number of nitrogens with one attached hydrogen (secondary N) is 1. The SMILES string of the molecule is COC(=O)C(CC(C)C)NCCCc1ccccc1. The van der Waals surface area contributed by atoms with Crippen LogP contribution in [-0.4, -0.2) is 25.7 Å². The van der Waals surface area contributed by atoms with Crippen molar-refractivity contribution in [3.05, 3.63) is 35.9 Å². The Morgan fingerprint density at radius 1 is 1.26 bits per heavy atom. The Morgan fingerprint density at radius 2 is 1.95 bits per heavy atom. The average molecular weight is 263 g/mol. The summed E-state index contributed by atoms with van der Waals surface area (Å²) in [5.74, 6) is 0.319. The maximum atomic E-state index is 11.6. The Labute approximate surface area is 116 Å². The summed E-state index contributed by atoms with van der Waals surface area (Å²) in [4.78, 5) is 11.6. The number of rotatable bonds is 8. The normalized spacial score (nSPS) is 12.4. The molecular formula is C16H25NO2. The Bertz CT molecular complexity index is 362. The molecule has 1 unspecified atom stereocenters. The molecule has 3 heteroatoms. The molecule has 0 saturated heterocycles. The number of hydrogen-bond acceptors (Lipinski definition) is 3. The van der Waals surface area contributed by atoms with Gasteiger partial charge in [-0.15, -0.1) is 0 Å². The Morgan fingerprint density at radius 3 is 2.53 bits per heavy atom. The van der Waals surface area contributed by atoms with Crippen molar-refractivity contribution in [3.63, 3.8) is 0 Å². The first-order valence-electron chi connectivity index (χ1n) is 6.98. The van der Waals surface area contributed by atoms with Gasteiger partial charge in [0.15, 0.2) is 0 Å². The molecule has 0 bridgehead atoms. The summed E-state index contributed by atoms with van der Waals surface area (Å²) in [5, 5.41) is 3.30. The minimum atomic E-state index is -0.180. The highest BCUT2D eigenvalue weighted by molar-refractivity contribution is 5.75. The lowest BCUT2D eigenvalue weighted by Gasteiger charge is -2.18. The zero-order valence-corrected chi connectivity index (χ0v) is 12.2. The number of methoxy groups -OCH3 is 1. The third-order valence-corrected chi connectivity index (χ3v) is 3.07. The summed E-state index contributed by atoms with van der Waals surface area (Å²) < 4.78 is 4.83. The first-order valence-corrected chi connectivity index (χ1v) is 6.98. The molecule has 1 rings (SSSR count). The smallest absolute Gasteiger partial charge is 0.322 e. The van der Waals surface area contributed by atoms with Crippen LogP contribution in [0.3, 0.4) is 0 Å². The fraction of sp³-hybridized carbons (Fsp3) is 0.562. The summed E-state index contributed by atoms with van der Waals surface area (Å²) >= 11 is 0. The molecule has 19 heavy (non-hydrogen) atoms. The highest BCUT2D eigenvalue weighted by Crippen LogP contribution is 2.07. The first kappa shape index (κ1) is 15.7. The quantitative estimate of drug-likeness (QED) is 0.579. The molecule has 0 radical (unpaired) electrons. The van der Waals surface area contributed by atoms with E-state index in [2.05, 4.69) is 43.4 Å². The zero-order chi connectivity index (χ0) is 14.1. The van der Waals surface area contributed by atoms with Gasteiger partial charge in [-0.05, 0) is 37.3 Å². The standard InChI is InChI=1S/C16H25NO2/c1-13(2)12-15(16(18)19-3)17-11-7-10-14-8-5-4-6-9-14/h4-6,8-9,13,15,17H,7,10-12H2,1-3H3. The molecular weight excluding hydrogens is 238 g/mol. The number of aryl methyl sites for hydroxylation is 1. The molecule has 0 aliphatic rings. The highest BCUT2D eigenvalue weighted by atomic mass is 16.5. The van der Waals surface area contributed by atoms with Crippen molar-refractivity contribution in [3.8, 4) is 0 Å². The van der Waals surface area contributed by atoms with Gasteiger partial charge in [-0.3, -0.25) is 4.79 Å². The van der Waals surface area contributed by atoms with E-state index in [4.69, 9.17) is 4.74 Å². The average Bonchev–Trinajstić information content (AvgIpc) is 2.42. The van der Waals surface area contributed by atoms with E-state index in [9.17, 15) is 4.79 Å². The lowest BCUT2D eigenvalue weighted by atomic mass is 10.0. The van der Waals surface area contributed by atoms with Gasteiger partial charge in [-0.25, -0.2) is 0 Å². The maximum absolute atomic E-state index is 11.6. The number of hydrogen-bond donors (Lipinski definition) is 1. The number of carbonyl (C=O) groups is 1. The molecule has 0 aromatic heterocycles. The van der Waals surface area contributed by atoms with E-state index in [-0.39, 0.29) is 12.0 Å². The largest absolute Gasteiger partial charge is 0.468 e. The minimum Gasteiger partial charge on any atom is -0.468 e. The van der Waals surface area contributed by atoms with Crippen LogP contribution in [0.15, 0.2) is 30.3 Å². The molecule has 0 spiro atoms. The zero-order valence-electron chi connectivity index (χ0n) is 12.2. The second-order valence-electron chi connectivity index (χ2n) is 5.25. The van der Waals surface area contributed by atoms with E-state index in [0.29, 0.717) is 5.92 Å². The van der Waals surface area contributed by atoms with Crippen LogP contribution >= 0.6 is 0 Å². The molecule has 0 amide bonds. The molecule has 3 nitrogen and oxygen atoms in total. The Kier molecular flexibility index (Phi) is 7.19. The predicted molar refractivity (Wildman–Crippen MR) is 78.0 cm³/mol. The van der Waals surface area contributed by atoms with Crippen LogP contribution in [0.4, 0.5) is 0 Å². The number of carbonyl (C=O) groups excluding carboxylic acids is 1. The summed E-state index contributed by atoms with van der Waals surface area (Å²) in [6.07, 6.45) is 2.87. The van der Waals surface area contributed by atoms with Crippen LogP contribution in [-0.2, 0) is 16.0 Å². The van der Waals surface area contributed by atoms with Gasteiger partial charge in [0, 0.05) is 0 Å². The Balaban J connectivity index is 2.30. The van der Waals surface area contributed by atoms with E-state index >= 15 is 0 Å². The monoisotopic (exact) mass is 263 g/mol. The van der Waals surface area contributed by atoms with Crippen molar-refractivity contribution in [2.24, 2.45) is 5.92 Å².